The molecule has 0 aliphatic heterocycles. The molecule has 3 aromatic rings. The summed E-state index contributed by atoms with van der Waals surface area (Å²) in [6, 6.07) is 9.11. The highest BCUT2D eigenvalue weighted by Crippen LogP contribution is 2.41. The number of halogens is 6. The average molecular weight is 551 g/mol. The summed E-state index contributed by atoms with van der Waals surface area (Å²) >= 11 is 2.56. The quantitative estimate of drug-likeness (QED) is 0.191. The Balaban J connectivity index is 1.74. The van der Waals surface area contributed by atoms with Crippen LogP contribution in [-0.2, 0) is 17.1 Å². The van der Waals surface area contributed by atoms with E-state index in [1.807, 2.05) is 13.0 Å². The van der Waals surface area contributed by atoms with Crippen LogP contribution in [-0.4, -0.2) is 23.4 Å². The van der Waals surface area contributed by atoms with Crippen LogP contribution in [0.1, 0.15) is 54.5 Å². The molecule has 0 saturated carbocycles. The van der Waals surface area contributed by atoms with Crippen molar-refractivity contribution in [3.8, 4) is 5.75 Å². The third kappa shape index (κ3) is 7.55. The number of ether oxygens (including phenoxy) is 1. The molecule has 2 aromatic carbocycles. The molecule has 1 aromatic heterocycles. The van der Waals surface area contributed by atoms with Gasteiger partial charge in [0.15, 0.2) is 6.61 Å². The SMILES string of the molecule is CCCCC(CCSc1ccc(OCC(=O)O)c(C(F)(F)F)c1)c1cc2ccc(C(F)(F)F)cc2s1. The van der Waals surface area contributed by atoms with Gasteiger partial charge in [-0.25, -0.2) is 4.79 Å². The average Bonchev–Trinajstić information content (AvgIpc) is 3.22. The molecular weight excluding hydrogens is 526 g/mol. The third-order valence-corrected chi connectivity index (χ3v) is 7.81. The topological polar surface area (TPSA) is 46.5 Å². The zero-order chi connectivity index (χ0) is 26.5. The highest BCUT2D eigenvalue weighted by atomic mass is 32.2. The van der Waals surface area contributed by atoms with Crippen LogP contribution >= 0.6 is 23.1 Å². The number of aliphatic carboxylic acids is 1. The van der Waals surface area contributed by atoms with E-state index in [4.69, 9.17) is 9.84 Å². The first-order valence-corrected chi connectivity index (χ1v) is 13.0. The van der Waals surface area contributed by atoms with Crippen LogP contribution in [0.15, 0.2) is 47.4 Å². The van der Waals surface area contributed by atoms with Crippen molar-refractivity contribution in [2.75, 3.05) is 12.4 Å². The summed E-state index contributed by atoms with van der Waals surface area (Å²) in [4.78, 5) is 12.0. The van der Waals surface area contributed by atoms with Crippen LogP contribution in [0.3, 0.4) is 0 Å². The van der Waals surface area contributed by atoms with E-state index < -0.39 is 41.8 Å². The van der Waals surface area contributed by atoms with Crippen LogP contribution in [0.2, 0.25) is 0 Å². The molecule has 36 heavy (non-hydrogen) atoms. The van der Waals surface area contributed by atoms with Gasteiger partial charge in [-0.2, -0.15) is 26.3 Å². The molecule has 196 valence electrons. The van der Waals surface area contributed by atoms with E-state index in [1.54, 1.807) is 0 Å². The number of thiophene rings is 1. The summed E-state index contributed by atoms with van der Waals surface area (Å²) in [5, 5.41) is 9.42. The van der Waals surface area contributed by atoms with Crippen molar-refractivity contribution in [2.24, 2.45) is 0 Å². The number of rotatable bonds is 11. The third-order valence-electron chi connectivity index (χ3n) is 5.52. The smallest absolute Gasteiger partial charge is 0.420 e. The lowest BCUT2D eigenvalue weighted by atomic mass is 9.97. The molecular formula is C25H24F6O3S2. The van der Waals surface area contributed by atoms with Crippen LogP contribution in [0.5, 0.6) is 5.75 Å². The van der Waals surface area contributed by atoms with Crippen molar-refractivity contribution in [1.29, 1.82) is 0 Å². The molecule has 11 heteroatoms. The Hall–Kier alpha value is -2.40. The molecule has 0 bridgehead atoms. The molecule has 0 fully saturated rings. The predicted molar refractivity (Wildman–Crippen MR) is 129 cm³/mol. The minimum absolute atomic E-state index is 0.0736. The molecule has 0 amide bonds. The summed E-state index contributed by atoms with van der Waals surface area (Å²) in [6.07, 6.45) is -5.79. The van der Waals surface area contributed by atoms with Crippen LogP contribution < -0.4 is 4.74 Å². The minimum atomic E-state index is -4.71. The minimum Gasteiger partial charge on any atom is -0.481 e. The lowest BCUT2D eigenvalue weighted by Crippen LogP contribution is -2.14. The number of carboxylic acids is 1. The standard InChI is InChI=1S/C25H24F6O3S2/c1-2-3-4-15(21-11-16-5-6-17(24(26,27)28)12-22(16)36-21)9-10-35-18-7-8-20(34-14-23(32)33)19(13-18)25(29,30)31/h5-8,11-13,15H,2-4,9-10,14H2,1H3,(H,32,33). The van der Waals surface area contributed by atoms with E-state index in [1.165, 1.54) is 35.2 Å². The van der Waals surface area contributed by atoms with Crippen molar-refractivity contribution in [3.05, 3.63) is 58.5 Å². The van der Waals surface area contributed by atoms with Gasteiger partial charge in [0.25, 0.3) is 0 Å². The number of alkyl halides is 6. The Morgan fingerprint density at radius 2 is 1.78 bits per heavy atom. The fourth-order valence-corrected chi connectivity index (χ4v) is 5.99. The maximum absolute atomic E-state index is 13.5. The van der Waals surface area contributed by atoms with Gasteiger partial charge in [-0.15, -0.1) is 23.1 Å². The first-order valence-electron chi connectivity index (χ1n) is 11.2. The Morgan fingerprint density at radius 1 is 1.03 bits per heavy atom. The Morgan fingerprint density at radius 3 is 2.42 bits per heavy atom. The number of carbonyl (C=O) groups is 1. The Labute approximate surface area is 212 Å². The normalized spacial score (nSPS) is 13.2. The number of fused-ring (bicyclic) bond motifs is 1. The largest absolute Gasteiger partial charge is 0.481 e. The molecule has 1 unspecified atom stereocenters. The van der Waals surface area contributed by atoms with Gasteiger partial charge in [-0.1, -0.05) is 25.8 Å². The number of hydrogen-bond donors (Lipinski definition) is 1. The summed E-state index contributed by atoms with van der Waals surface area (Å²) in [5.41, 5.74) is -1.73. The van der Waals surface area contributed by atoms with Gasteiger partial charge in [-0.05, 0) is 66.3 Å². The fraction of sp³-hybridized carbons (Fsp3) is 0.400. The monoisotopic (exact) mass is 550 g/mol. The second-order valence-corrected chi connectivity index (χ2v) is 10.5. The van der Waals surface area contributed by atoms with E-state index in [0.717, 1.165) is 53.8 Å². The Kier molecular flexibility index (Phi) is 9.21. The van der Waals surface area contributed by atoms with Gasteiger partial charge < -0.3 is 9.84 Å². The van der Waals surface area contributed by atoms with Gasteiger partial charge in [0.05, 0.1) is 11.1 Å². The molecule has 0 aliphatic carbocycles. The van der Waals surface area contributed by atoms with Crippen molar-refractivity contribution >= 4 is 39.2 Å². The summed E-state index contributed by atoms with van der Waals surface area (Å²) < 4.78 is 85.0. The summed E-state index contributed by atoms with van der Waals surface area (Å²) in [7, 11) is 0. The highest BCUT2D eigenvalue weighted by molar-refractivity contribution is 7.99. The molecule has 0 spiro atoms. The van der Waals surface area contributed by atoms with E-state index in [9.17, 15) is 31.1 Å². The summed E-state index contributed by atoms with van der Waals surface area (Å²) in [5.74, 6) is -1.35. The maximum atomic E-state index is 13.5. The van der Waals surface area contributed by atoms with E-state index in [2.05, 4.69) is 0 Å². The van der Waals surface area contributed by atoms with Gasteiger partial charge in [-0.3, -0.25) is 0 Å². The van der Waals surface area contributed by atoms with Crippen molar-refractivity contribution in [1.82, 2.24) is 0 Å². The fourth-order valence-electron chi connectivity index (χ4n) is 3.71. The molecule has 0 saturated heterocycles. The van der Waals surface area contributed by atoms with Crippen LogP contribution in [0, 0.1) is 0 Å². The molecule has 1 heterocycles. The van der Waals surface area contributed by atoms with Crippen LogP contribution in [0.4, 0.5) is 26.3 Å². The van der Waals surface area contributed by atoms with E-state index in [0.29, 0.717) is 21.8 Å². The number of carboxylic acid groups (broad SMARTS) is 1. The van der Waals surface area contributed by atoms with Gasteiger partial charge in [0.1, 0.15) is 5.75 Å². The van der Waals surface area contributed by atoms with Crippen LogP contribution in [0.25, 0.3) is 10.1 Å². The second kappa shape index (κ2) is 11.8. The molecule has 0 aliphatic rings. The number of thioether (sulfide) groups is 1. The van der Waals surface area contributed by atoms with Gasteiger partial charge in [0, 0.05) is 14.5 Å². The lowest BCUT2D eigenvalue weighted by Gasteiger charge is -2.16. The molecule has 3 nitrogen and oxygen atoms in total. The predicted octanol–water partition coefficient (Wildman–Crippen LogP) is 8.86. The van der Waals surface area contributed by atoms with E-state index in [-0.39, 0.29) is 5.92 Å². The first kappa shape index (κ1) is 28.2. The number of unbranched alkanes of at least 4 members (excludes halogenated alkanes) is 1. The van der Waals surface area contributed by atoms with Crippen molar-refractivity contribution in [3.63, 3.8) is 0 Å². The molecule has 3 rings (SSSR count). The number of hydrogen-bond acceptors (Lipinski definition) is 4. The zero-order valence-corrected chi connectivity index (χ0v) is 20.8. The maximum Gasteiger partial charge on any atom is 0.420 e. The van der Waals surface area contributed by atoms with Gasteiger partial charge in [0.2, 0.25) is 0 Å². The summed E-state index contributed by atoms with van der Waals surface area (Å²) in [6.45, 7) is 1.16. The molecule has 0 radical (unpaired) electrons. The highest BCUT2D eigenvalue weighted by Gasteiger charge is 2.35. The zero-order valence-electron chi connectivity index (χ0n) is 19.2. The molecule has 1 atom stereocenters. The Bertz CT molecular complexity index is 1190. The van der Waals surface area contributed by atoms with Gasteiger partial charge >= 0.3 is 18.3 Å². The lowest BCUT2D eigenvalue weighted by molar-refractivity contribution is -0.143. The molecule has 1 N–H and O–H groups in total. The number of benzene rings is 2. The second-order valence-electron chi connectivity index (χ2n) is 8.21. The first-order chi connectivity index (χ1) is 16.9. The van der Waals surface area contributed by atoms with Crippen molar-refractivity contribution < 1.29 is 41.0 Å². The van der Waals surface area contributed by atoms with E-state index >= 15 is 0 Å². The van der Waals surface area contributed by atoms with Crippen molar-refractivity contribution in [2.45, 2.75) is 55.8 Å².